The molecule has 0 N–H and O–H groups in total. The molecule has 1 aromatic carbocycles. The number of amides is 1. The molecule has 1 aromatic rings. The molecule has 102 valence electrons. The highest BCUT2D eigenvalue weighted by Crippen LogP contribution is 2.27. The molecule has 0 heterocycles. The first kappa shape index (κ1) is 14.1. The number of hydrogen-bond acceptors (Lipinski definition) is 3. The number of hydrogen-bond donors (Lipinski definition) is 0. The number of carbonyl (C=O) groups is 2. The third-order valence-electron chi connectivity index (χ3n) is 3.10. The summed E-state index contributed by atoms with van der Waals surface area (Å²) in [4.78, 5) is 24.8. The van der Waals surface area contributed by atoms with Crippen LogP contribution in [0.5, 0.6) is 5.75 Å². The Morgan fingerprint density at radius 1 is 1.53 bits per heavy atom. The lowest BCUT2D eigenvalue weighted by molar-refractivity contribution is -0.133. The van der Waals surface area contributed by atoms with Crippen molar-refractivity contribution in [3.05, 3.63) is 28.2 Å². The highest BCUT2D eigenvalue weighted by atomic mass is 79.9. The molecule has 0 aliphatic heterocycles. The molecule has 1 saturated carbocycles. The predicted molar refractivity (Wildman–Crippen MR) is 75.4 cm³/mol. The number of halogens is 1. The van der Waals surface area contributed by atoms with E-state index in [-0.39, 0.29) is 12.5 Å². The van der Waals surface area contributed by atoms with Crippen molar-refractivity contribution in [2.24, 2.45) is 0 Å². The normalized spacial score (nSPS) is 14.0. The molecule has 0 radical (unpaired) electrons. The first-order chi connectivity index (χ1) is 9.15. The second-order valence-electron chi connectivity index (χ2n) is 4.50. The Morgan fingerprint density at radius 2 is 2.26 bits per heavy atom. The summed E-state index contributed by atoms with van der Waals surface area (Å²) in [5.41, 5.74) is 0.441. The van der Waals surface area contributed by atoms with Gasteiger partial charge in [-0.05, 0) is 38.0 Å². The molecule has 0 bridgehead atoms. The van der Waals surface area contributed by atoms with Crippen LogP contribution in [-0.2, 0) is 4.79 Å². The van der Waals surface area contributed by atoms with Crippen LogP contribution in [0.15, 0.2) is 22.7 Å². The molecule has 2 rings (SSSR count). The van der Waals surface area contributed by atoms with Crippen LogP contribution >= 0.6 is 15.9 Å². The molecular formula is C14H16BrNO3. The van der Waals surface area contributed by atoms with Gasteiger partial charge in [-0.3, -0.25) is 9.59 Å². The monoisotopic (exact) mass is 325 g/mol. The molecule has 1 aliphatic rings. The maximum Gasteiger partial charge on any atom is 0.260 e. The third-order valence-corrected chi connectivity index (χ3v) is 3.59. The van der Waals surface area contributed by atoms with Crippen LogP contribution in [0.1, 0.15) is 30.1 Å². The SMILES string of the molecule is CCN(C(=O)COc1ccc(Br)cc1C=O)C1CC1. The Kier molecular flexibility index (Phi) is 4.58. The minimum absolute atomic E-state index is 0.0210. The van der Waals surface area contributed by atoms with Gasteiger partial charge in [0.2, 0.25) is 0 Å². The Morgan fingerprint density at radius 3 is 2.84 bits per heavy atom. The van der Waals surface area contributed by atoms with Gasteiger partial charge >= 0.3 is 0 Å². The second kappa shape index (κ2) is 6.19. The minimum Gasteiger partial charge on any atom is -0.483 e. The number of aldehydes is 1. The van der Waals surface area contributed by atoms with Gasteiger partial charge in [-0.1, -0.05) is 15.9 Å². The molecule has 0 spiro atoms. The Hall–Kier alpha value is -1.36. The molecule has 1 amide bonds. The van der Waals surface area contributed by atoms with Crippen LogP contribution in [0.3, 0.4) is 0 Å². The largest absolute Gasteiger partial charge is 0.483 e. The van der Waals surface area contributed by atoms with Crippen molar-refractivity contribution in [2.75, 3.05) is 13.2 Å². The van der Waals surface area contributed by atoms with Crippen molar-refractivity contribution in [3.8, 4) is 5.75 Å². The highest BCUT2D eigenvalue weighted by Gasteiger charge is 2.31. The first-order valence-corrected chi connectivity index (χ1v) is 7.12. The molecule has 19 heavy (non-hydrogen) atoms. The zero-order chi connectivity index (χ0) is 13.8. The van der Waals surface area contributed by atoms with Gasteiger partial charge in [0.1, 0.15) is 5.75 Å². The van der Waals surface area contributed by atoms with Gasteiger partial charge in [-0.2, -0.15) is 0 Å². The summed E-state index contributed by atoms with van der Waals surface area (Å²) in [5.74, 6) is 0.420. The smallest absolute Gasteiger partial charge is 0.260 e. The van der Waals surface area contributed by atoms with Crippen molar-refractivity contribution in [2.45, 2.75) is 25.8 Å². The zero-order valence-corrected chi connectivity index (χ0v) is 12.4. The molecule has 0 saturated heterocycles. The zero-order valence-electron chi connectivity index (χ0n) is 10.8. The van der Waals surface area contributed by atoms with E-state index in [1.807, 2.05) is 11.8 Å². The fourth-order valence-corrected chi connectivity index (χ4v) is 2.37. The van der Waals surface area contributed by atoms with E-state index < -0.39 is 0 Å². The maximum atomic E-state index is 12.0. The van der Waals surface area contributed by atoms with Gasteiger partial charge in [0.25, 0.3) is 5.91 Å². The quantitative estimate of drug-likeness (QED) is 0.755. The average molecular weight is 326 g/mol. The van der Waals surface area contributed by atoms with Crippen LogP contribution in [0, 0.1) is 0 Å². The molecule has 1 fully saturated rings. The summed E-state index contributed by atoms with van der Waals surface area (Å²) in [6.07, 6.45) is 2.89. The van der Waals surface area contributed by atoms with Crippen LogP contribution < -0.4 is 4.74 Å². The van der Waals surface area contributed by atoms with Crippen molar-refractivity contribution in [1.82, 2.24) is 4.90 Å². The summed E-state index contributed by atoms with van der Waals surface area (Å²) in [7, 11) is 0. The Bertz CT molecular complexity index is 486. The minimum atomic E-state index is -0.0234. The van der Waals surface area contributed by atoms with E-state index in [9.17, 15) is 9.59 Å². The van der Waals surface area contributed by atoms with Crippen LogP contribution in [0.4, 0.5) is 0 Å². The Balaban J connectivity index is 1.98. The molecule has 0 atom stereocenters. The number of ether oxygens (including phenoxy) is 1. The second-order valence-corrected chi connectivity index (χ2v) is 5.42. The van der Waals surface area contributed by atoms with E-state index in [1.165, 1.54) is 0 Å². The number of rotatable bonds is 6. The molecule has 0 unspecified atom stereocenters. The standard InChI is InChI=1S/C14H16BrNO3/c1-2-16(12-4-5-12)14(18)9-19-13-6-3-11(15)7-10(13)8-17/h3,6-8,12H,2,4-5,9H2,1H3. The highest BCUT2D eigenvalue weighted by molar-refractivity contribution is 9.10. The fourth-order valence-electron chi connectivity index (χ4n) is 1.99. The number of carbonyl (C=O) groups excluding carboxylic acids is 2. The van der Waals surface area contributed by atoms with Crippen molar-refractivity contribution >= 4 is 28.1 Å². The van der Waals surface area contributed by atoms with Gasteiger partial charge in [-0.15, -0.1) is 0 Å². The number of nitrogens with zero attached hydrogens (tertiary/aromatic N) is 1. The summed E-state index contributed by atoms with van der Waals surface area (Å²) < 4.78 is 6.27. The fraction of sp³-hybridized carbons (Fsp3) is 0.429. The van der Waals surface area contributed by atoms with Crippen LogP contribution in [0.2, 0.25) is 0 Å². The lowest BCUT2D eigenvalue weighted by Gasteiger charge is -2.20. The lowest BCUT2D eigenvalue weighted by Crippen LogP contribution is -2.36. The third kappa shape index (κ3) is 3.56. The van der Waals surface area contributed by atoms with Gasteiger partial charge in [0.05, 0.1) is 5.56 Å². The van der Waals surface area contributed by atoms with Crippen molar-refractivity contribution in [3.63, 3.8) is 0 Å². The first-order valence-electron chi connectivity index (χ1n) is 6.32. The molecular weight excluding hydrogens is 310 g/mol. The van der Waals surface area contributed by atoms with E-state index >= 15 is 0 Å². The molecule has 1 aliphatic carbocycles. The predicted octanol–water partition coefficient (Wildman–Crippen LogP) is 2.65. The summed E-state index contributed by atoms with van der Waals surface area (Å²) >= 11 is 3.29. The summed E-state index contributed by atoms with van der Waals surface area (Å²) in [5, 5.41) is 0. The molecule has 4 nitrogen and oxygen atoms in total. The van der Waals surface area contributed by atoms with E-state index in [4.69, 9.17) is 4.74 Å². The topological polar surface area (TPSA) is 46.6 Å². The van der Waals surface area contributed by atoms with E-state index in [0.29, 0.717) is 23.9 Å². The average Bonchev–Trinajstić information content (AvgIpc) is 3.22. The Labute approximate surface area is 120 Å². The lowest BCUT2D eigenvalue weighted by atomic mass is 10.2. The van der Waals surface area contributed by atoms with Crippen molar-refractivity contribution in [1.29, 1.82) is 0 Å². The number of benzene rings is 1. The molecule has 0 aromatic heterocycles. The summed E-state index contributed by atoms with van der Waals surface area (Å²) in [6.45, 7) is 2.65. The van der Waals surface area contributed by atoms with E-state index in [0.717, 1.165) is 23.6 Å². The van der Waals surface area contributed by atoms with E-state index in [2.05, 4.69) is 15.9 Å². The van der Waals surface area contributed by atoms with Crippen LogP contribution in [-0.4, -0.2) is 36.3 Å². The van der Waals surface area contributed by atoms with Gasteiger partial charge in [0, 0.05) is 17.1 Å². The summed E-state index contributed by atoms with van der Waals surface area (Å²) in [6, 6.07) is 5.53. The van der Waals surface area contributed by atoms with E-state index in [1.54, 1.807) is 18.2 Å². The maximum absolute atomic E-state index is 12.0. The van der Waals surface area contributed by atoms with Crippen LogP contribution in [0.25, 0.3) is 0 Å². The molecule has 5 heteroatoms. The van der Waals surface area contributed by atoms with Gasteiger partial charge in [0.15, 0.2) is 12.9 Å². The van der Waals surface area contributed by atoms with Gasteiger partial charge in [-0.25, -0.2) is 0 Å². The van der Waals surface area contributed by atoms with Gasteiger partial charge < -0.3 is 9.64 Å². The number of likely N-dealkylation sites (N-methyl/N-ethyl adjacent to an activating group) is 1. The van der Waals surface area contributed by atoms with Crippen molar-refractivity contribution < 1.29 is 14.3 Å².